The summed E-state index contributed by atoms with van der Waals surface area (Å²) in [6, 6.07) is 10.9. The number of hydrogen-bond acceptors (Lipinski definition) is 6. The molecule has 0 saturated heterocycles. The third kappa shape index (κ3) is 2.82. The highest BCUT2D eigenvalue weighted by Gasteiger charge is 2.22. The number of aliphatic hydroxyl groups excluding tert-OH is 1. The van der Waals surface area contributed by atoms with E-state index in [0.717, 1.165) is 10.9 Å². The van der Waals surface area contributed by atoms with Crippen LogP contribution in [-0.2, 0) is 6.61 Å². The number of fused-ring (bicyclic) bond motifs is 2. The Balaban J connectivity index is 2.07. The molecule has 1 amide bonds. The van der Waals surface area contributed by atoms with Gasteiger partial charge in [-0.2, -0.15) is 0 Å². The second kappa shape index (κ2) is 6.77. The normalized spacial score (nSPS) is 12.3. The van der Waals surface area contributed by atoms with E-state index < -0.39 is 0 Å². The lowest BCUT2D eigenvalue weighted by molar-refractivity contribution is 0.0955. The maximum atomic E-state index is 12.4. The first kappa shape index (κ1) is 17.1. The summed E-state index contributed by atoms with van der Waals surface area (Å²) in [4.78, 5) is 16.8. The minimum absolute atomic E-state index is 0.167. The summed E-state index contributed by atoms with van der Waals surface area (Å²) in [6.45, 7) is -0.174. The van der Waals surface area contributed by atoms with E-state index in [9.17, 15) is 9.90 Å². The Labute approximate surface area is 155 Å². The number of methoxy groups -OCH3 is 1. The van der Waals surface area contributed by atoms with Crippen LogP contribution in [0.1, 0.15) is 16.1 Å². The predicted octanol–water partition coefficient (Wildman–Crippen LogP) is 2.49. The first-order valence-electron chi connectivity index (χ1n) is 8.40. The highest BCUT2D eigenvalue weighted by atomic mass is 16.7. The molecule has 0 saturated carbocycles. The molecule has 2 N–H and O–H groups in total. The molecule has 3 aromatic rings. The first-order valence-corrected chi connectivity index (χ1v) is 8.40. The van der Waals surface area contributed by atoms with Crippen LogP contribution >= 0.6 is 0 Å². The lowest BCUT2D eigenvalue weighted by Gasteiger charge is -2.16. The summed E-state index contributed by atoms with van der Waals surface area (Å²) in [5.74, 6) is 1.57. The number of benzene rings is 2. The van der Waals surface area contributed by atoms with Gasteiger partial charge in [0.15, 0.2) is 11.5 Å². The van der Waals surface area contributed by atoms with Crippen molar-refractivity contribution in [2.24, 2.45) is 0 Å². The van der Waals surface area contributed by atoms with E-state index in [4.69, 9.17) is 14.2 Å². The monoisotopic (exact) mass is 366 g/mol. The van der Waals surface area contributed by atoms with E-state index >= 15 is 0 Å². The molecule has 4 rings (SSSR count). The van der Waals surface area contributed by atoms with E-state index in [2.05, 4.69) is 10.3 Å². The van der Waals surface area contributed by atoms with Crippen LogP contribution in [0.5, 0.6) is 17.2 Å². The Kier molecular flexibility index (Phi) is 4.29. The smallest absolute Gasteiger partial charge is 0.270 e. The van der Waals surface area contributed by atoms with Crippen LogP contribution in [0, 0.1) is 0 Å². The number of ether oxygens (including phenoxy) is 3. The molecule has 0 radical (unpaired) electrons. The Morgan fingerprint density at radius 1 is 1.22 bits per heavy atom. The number of pyridine rings is 1. The minimum Gasteiger partial charge on any atom is -0.497 e. The molecule has 0 atom stereocenters. The van der Waals surface area contributed by atoms with E-state index in [0.29, 0.717) is 33.9 Å². The quantitative estimate of drug-likeness (QED) is 0.737. The van der Waals surface area contributed by atoms with Gasteiger partial charge in [0.1, 0.15) is 11.4 Å². The zero-order valence-corrected chi connectivity index (χ0v) is 14.9. The molecule has 2 aromatic carbocycles. The Morgan fingerprint density at radius 2 is 2.04 bits per heavy atom. The zero-order chi connectivity index (χ0) is 19.0. The number of rotatable bonds is 4. The predicted molar refractivity (Wildman–Crippen MR) is 99.2 cm³/mol. The van der Waals surface area contributed by atoms with Crippen molar-refractivity contribution in [2.75, 3.05) is 21.0 Å². The Bertz CT molecular complexity index is 1050. The van der Waals surface area contributed by atoms with Crippen LogP contribution in [0.4, 0.5) is 0 Å². The van der Waals surface area contributed by atoms with Gasteiger partial charge in [0.2, 0.25) is 6.79 Å². The van der Waals surface area contributed by atoms with E-state index in [1.54, 1.807) is 19.2 Å². The number of aromatic nitrogens is 1. The van der Waals surface area contributed by atoms with Crippen LogP contribution < -0.4 is 19.5 Å². The van der Waals surface area contributed by atoms with Crippen molar-refractivity contribution in [1.82, 2.24) is 10.3 Å². The molecule has 0 bridgehead atoms. The molecule has 2 heterocycles. The van der Waals surface area contributed by atoms with Gasteiger partial charge >= 0.3 is 0 Å². The molecule has 0 unspecified atom stereocenters. The SMILES string of the molecule is CNC(=O)c1nc2ccc(OC)cc2c(-c2ccc3c(c2)OCO3)c1CO. The number of nitrogens with zero attached hydrogens (tertiary/aromatic N) is 1. The number of hydrogen-bond donors (Lipinski definition) is 2. The fourth-order valence-corrected chi connectivity index (χ4v) is 3.25. The van der Waals surface area contributed by atoms with Gasteiger partial charge in [0.25, 0.3) is 5.91 Å². The zero-order valence-electron chi connectivity index (χ0n) is 14.9. The Morgan fingerprint density at radius 3 is 2.78 bits per heavy atom. The third-order valence-electron chi connectivity index (χ3n) is 4.55. The minimum atomic E-state index is -0.362. The number of carbonyl (C=O) groups excluding carboxylic acids is 1. The summed E-state index contributed by atoms with van der Waals surface area (Å²) < 4.78 is 16.2. The van der Waals surface area contributed by atoms with Crippen molar-refractivity contribution in [3.05, 3.63) is 47.7 Å². The van der Waals surface area contributed by atoms with E-state index in [1.165, 1.54) is 7.05 Å². The average Bonchev–Trinajstić information content (AvgIpc) is 3.18. The third-order valence-corrected chi connectivity index (χ3v) is 4.55. The first-order chi connectivity index (χ1) is 13.2. The van der Waals surface area contributed by atoms with Crippen LogP contribution in [0.2, 0.25) is 0 Å². The number of carbonyl (C=O) groups is 1. The molecule has 7 heteroatoms. The second-order valence-electron chi connectivity index (χ2n) is 6.00. The molecular weight excluding hydrogens is 348 g/mol. The highest BCUT2D eigenvalue weighted by molar-refractivity contribution is 6.04. The fourth-order valence-electron chi connectivity index (χ4n) is 3.25. The van der Waals surface area contributed by atoms with Gasteiger partial charge in [-0.15, -0.1) is 0 Å². The molecule has 0 spiro atoms. The lowest BCUT2D eigenvalue weighted by atomic mass is 9.93. The summed E-state index contributed by atoms with van der Waals surface area (Å²) >= 11 is 0. The molecule has 1 aliphatic heterocycles. The Hall–Kier alpha value is -3.32. The maximum Gasteiger partial charge on any atom is 0.270 e. The molecule has 27 heavy (non-hydrogen) atoms. The topological polar surface area (TPSA) is 89.9 Å². The van der Waals surface area contributed by atoms with Gasteiger partial charge in [-0.3, -0.25) is 4.79 Å². The largest absolute Gasteiger partial charge is 0.497 e. The number of amides is 1. The van der Waals surface area contributed by atoms with Crippen LogP contribution in [0.15, 0.2) is 36.4 Å². The van der Waals surface area contributed by atoms with Gasteiger partial charge in [-0.05, 0) is 41.5 Å². The van der Waals surface area contributed by atoms with Crippen molar-refractivity contribution < 1.29 is 24.1 Å². The number of aliphatic hydroxyl groups is 1. The van der Waals surface area contributed by atoms with Crippen molar-refractivity contribution in [3.63, 3.8) is 0 Å². The molecule has 138 valence electrons. The van der Waals surface area contributed by atoms with Crippen molar-refractivity contribution in [1.29, 1.82) is 0 Å². The van der Waals surface area contributed by atoms with Gasteiger partial charge in [-0.25, -0.2) is 4.98 Å². The van der Waals surface area contributed by atoms with E-state index in [1.807, 2.05) is 24.3 Å². The fraction of sp³-hybridized carbons (Fsp3) is 0.200. The van der Waals surface area contributed by atoms with Gasteiger partial charge in [0, 0.05) is 18.0 Å². The van der Waals surface area contributed by atoms with Crippen molar-refractivity contribution >= 4 is 16.8 Å². The van der Waals surface area contributed by atoms with Gasteiger partial charge < -0.3 is 24.6 Å². The van der Waals surface area contributed by atoms with Gasteiger partial charge in [0.05, 0.1) is 19.2 Å². The second-order valence-corrected chi connectivity index (χ2v) is 6.00. The molecular formula is C20H18N2O5. The average molecular weight is 366 g/mol. The summed E-state index contributed by atoms with van der Waals surface area (Å²) in [5.41, 5.74) is 2.74. The summed E-state index contributed by atoms with van der Waals surface area (Å²) in [6.07, 6.45) is 0. The molecule has 1 aliphatic rings. The molecule has 1 aromatic heterocycles. The molecule has 7 nitrogen and oxygen atoms in total. The van der Waals surface area contributed by atoms with Crippen molar-refractivity contribution in [3.8, 4) is 28.4 Å². The van der Waals surface area contributed by atoms with Crippen LogP contribution in [0.25, 0.3) is 22.0 Å². The molecule has 0 aliphatic carbocycles. The summed E-state index contributed by atoms with van der Waals surface area (Å²) in [5, 5.41) is 13.4. The highest BCUT2D eigenvalue weighted by Crippen LogP contribution is 2.40. The van der Waals surface area contributed by atoms with Crippen LogP contribution in [0.3, 0.4) is 0 Å². The summed E-state index contributed by atoms with van der Waals surface area (Å²) in [7, 11) is 3.12. The lowest BCUT2D eigenvalue weighted by Crippen LogP contribution is -2.22. The van der Waals surface area contributed by atoms with E-state index in [-0.39, 0.29) is 25.0 Å². The van der Waals surface area contributed by atoms with Crippen molar-refractivity contribution in [2.45, 2.75) is 6.61 Å². The number of nitrogens with one attached hydrogen (secondary N) is 1. The standard InChI is InChI=1S/C20H18N2O5/c1-21-20(24)19-14(9-23)18(11-3-6-16-17(7-11)27-10-26-16)13-8-12(25-2)4-5-15(13)22-19/h3-8,23H,9-10H2,1-2H3,(H,21,24). The molecule has 0 fully saturated rings. The maximum absolute atomic E-state index is 12.4. The van der Waals surface area contributed by atoms with Gasteiger partial charge in [-0.1, -0.05) is 6.07 Å². The van der Waals surface area contributed by atoms with Crippen LogP contribution in [-0.4, -0.2) is 36.9 Å².